The summed E-state index contributed by atoms with van der Waals surface area (Å²) < 4.78 is 0. The maximum atomic E-state index is 10.2. The molecule has 268 valence electrons. The highest BCUT2D eigenvalue weighted by Crippen LogP contribution is 2.13. The highest BCUT2D eigenvalue weighted by Gasteiger charge is 2.02. The van der Waals surface area contributed by atoms with Crippen LogP contribution >= 0.6 is 0 Å². The van der Waals surface area contributed by atoms with Crippen LogP contribution < -0.4 is 0 Å². The zero-order chi connectivity index (χ0) is 33.3. The van der Waals surface area contributed by atoms with Crippen molar-refractivity contribution in [3.05, 3.63) is 24.3 Å². The molecule has 45 heavy (non-hydrogen) atoms. The van der Waals surface area contributed by atoms with Crippen LogP contribution in [0.15, 0.2) is 24.3 Å². The lowest BCUT2D eigenvalue weighted by Gasteiger charge is -2.19. The number of aliphatic carboxylic acids is 1. The molecule has 0 radical (unpaired) electrons. The standard InChI is InChI=1S/C22H45NO2.C18H34O2/c1-2-3-4-5-6-7-8-9-10-11-12-13-14-15-16-17-18-23(19-21-24)20-22-25;1-2-3-4-5-6-7-8-9-10-11-12-13-14-15-16-17-18(19)20/h9-10,24-25H,2-8,11-22H2,1H3;16-17H,2-15H2,1H3,(H,19,20). The predicted octanol–water partition coefficient (Wildman–Crippen LogP) is 11.4. The summed E-state index contributed by atoms with van der Waals surface area (Å²) in [6, 6.07) is 0. The van der Waals surface area contributed by atoms with E-state index in [4.69, 9.17) is 15.3 Å². The molecule has 0 unspecified atom stereocenters. The van der Waals surface area contributed by atoms with E-state index in [-0.39, 0.29) is 13.2 Å². The van der Waals surface area contributed by atoms with E-state index in [1.54, 1.807) is 6.08 Å². The number of hydrogen-bond acceptors (Lipinski definition) is 4. The number of aliphatic hydroxyl groups excluding tert-OH is 2. The minimum absolute atomic E-state index is 0.187. The number of rotatable bonds is 35. The monoisotopic (exact) mass is 638 g/mol. The van der Waals surface area contributed by atoms with Crippen LogP contribution in [0.5, 0.6) is 0 Å². The van der Waals surface area contributed by atoms with E-state index in [2.05, 4.69) is 30.9 Å². The van der Waals surface area contributed by atoms with Crippen LogP contribution in [-0.4, -0.2) is 59.0 Å². The van der Waals surface area contributed by atoms with Crippen LogP contribution in [0.4, 0.5) is 0 Å². The summed E-state index contributed by atoms with van der Waals surface area (Å²) in [5.41, 5.74) is 0. The second-order valence-corrected chi connectivity index (χ2v) is 13.0. The van der Waals surface area contributed by atoms with Crippen LogP contribution in [0.25, 0.3) is 0 Å². The lowest BCUT2D eigenvalue weighted by molar-refractivity contribution is -0.131. The number of hydrogen-bond donors (Lipinski definition) is 3. The molecule has 0 saturated heterocycles. The molecule has 0 aliphatic rings. The van der Waals surface area contributed by atoms with Gasteiger partial charge in [-0.1, -0.05) is 167 Å². The van der Waals surface area contributed by atoms with Gasteiger partial charge in [0.25, 0.3) is 0 Å². The molecule has 0 aromatic rings. The van der Waals surface area contributed by atoms with Crippen molar-refractivity contribution < 1.29 is 20.1 Å². The normalized spacial score (nSPS) is 11.6. The number of allylic oxidation sites excluding steroid dienone is 3. The summed E-state index contributed by atoms with van der Waals surface area (Å²) in [6.07, 6.45) is 44.9. The maximum absolute atomic E-state index is 10.2. The molecule has 3 N–H and O–H groups in total. The van der Waals surface area contributed by atoms with E-state index in [9.17, 15) is 4.79 Å². The topological polar surface area (TPSA) is 81.0 Å². The van der Waals surface area contributed by atoms with Gasteiger partial charge in [0.1, 0.15) is 0 Å². The summed E-state index contributed by atoms with van der Waals surface area (Å²) in [5, 5.41) is 26.4. The lowest BCUT2D eigenvalue weighted by Crippen LogP contribution is -2.30. The number of nitrogens with zero attached hydrogens (tertiary/aromatic N) is 1. The summed E-state index contributed by atoms with van der Waals surface area (Å²) in [7, 11) is 0. The van der Waals surface area contributed by atoms with E-state index >= 15 is 0 Å². The first-order valence-electron chi connectivity index (χ1n) is 19.6. The highest BCUT2D eigenvalue weighted by atomic mass is 16.4. The fraction of sp³-hybridized carbons (Fsp3) is 0.875. The Hall–Kier alpha value is -1.17. The van der Waals surface area contributed by atoms with Gasteiger partial charge in [0.05, 0.1) is 13.2 Å². The molecule has 0 bridgehead atoms. The molecule has 0 aliphatic carbocycles. The summed E-state index contributed by atoms with van der Waals surface area (Å²) >= 11 is 0. The molecule has 0 amide bonds. The average Bonchev–Trinajstić information content (AvgIpc) is 3.03. The van der Waals surface area contributed by atoms with Crippen molar-refractivity contribution >= 4 is 5.97 Å². The van der Waals surface area contributed by atoms with E-state index in [1.165, 1.54) is 173 Å². The van der Waals surface area contributed by atoms with E-state index < -0.39 is 5.97 Å². The van der Waals surface area contributed by atoms with Gasteiger partial charge in [0.2, 0.25) is 0 Å². The number of carboxylic acids is 1. The predicted molar refractivity (Wildman–Crippen MR) is 197 cm³/mol. The van der Waals surface area contributed by atoms with Crippen molar-refractivity contribution in [2.45, 2.75) is 194 Å². The fourth-order valence-electron chi connectivity index (χ4n) is 5.67. The second-order valence-electron chi connectivity index (χ2n) is 13.0. The molecular weight excluding hydrogens is 558 g/mol. The zero-order valence-electron chi connectivity index (χ0n) is 30.3. The van der Waals surface area contributed by atoms with Crippen LogP contribution in [0, 0.1) is 0 Å². The van der Waals surface area contributed by atoms with Crippen molar-refractivity contribution in [3.8, 4) is 0 Å². The van der Waals surface area contributed by atoms with Crippen molar-refractivity contribution in [1.29, 1.82) is 0 Å². The third kappa shape index (κ3) is 45.0. The second kappa shape index (κ2) is 42.8. The van der Waals surface area contributed by atoms with Gasteiger partial charge >= 0.3 is 5.97 Å². The van der Waals surface area contributed by atoms with E-state index in [0.717, 1.165) is 19.4 Å². The molecular formula is C40H79NO4. The van der Waals surface area contributed by atoms with Gasteiger partial charge < -0.3 is 15.3 Å². The smallest absolute Gasteiger partial charge is 0.327 e. The van der Waals surface area contributed by atoms with Crippen LogP contribution in [0.3, 0.4) is 0 Å². The minimum Gasteiger partial charge on any atom is -0.478 e. The lowest BCUT2D eigenvalue weighted by atomic mass is 10.0. The van der Waals surface area contributed by atoms with Crippen molar-refractivity contribution in [2.75, 3.05) is 32.8 Å². The molecule has 5 heteroatoms. The highest BCUT2D eigenvalue weighted by molar-refractivity contribution is 5.79. The van der Waals surface area contributed by atoms with Gasteiger partial charge in [-0.2, -0.15) is 0 Å². The first-order chi connectivity index (χ1) is 22.1. The maximum Gasteiger partial charge on any atom is 0.327 e. The minimum atomic E-state index is -0.834. The molecule has 0 rings (SSSR count). The first kappa shape index (κ1) is 46.0. The van der Waals surface area contributed by atoms with E-state index in [0.29, 0.717) is 13.1 Å². The Morgan fingerprint density at radius 1 is 0.444 bits per heavy atom. The van der Waals surface area contributed by atoms with Gasteiger partial charge in [-0.25, -0.2) is 4.79 Å². The Labute approximate surface area is 281 Å². The Kier molecular flexibility index (Phi) is 43.7. The SMILES string of the molecule is CCCCCCCCC=CCCCCCCCCN(CCO)CCO.CCCCCCCCCCCCCCCC=CC(=O)O. The van der Waals surface area contributed by atoms with Gasteiger partial charge in [-0.15, -0.1) is 0 Å². The van der Waals surface area contributed by atoms with Crippen LogP contribution in [0.2, 0.25) is 0 Å². The molecule has 0 aliphatic heterocycles. The zero-order valence-corrected chi connectivity index (χ0v) is 30.3. The summed E-state index contributed by atoms with van der Waals surface area (Å²) in [4.78, 5) is 12.4. The largest absolute Gasteiger partial charge is 0.478 e. The number of carboxylic acid groups (broad SMARTS) is 1. The Bertz CT molecular complexity index is 601. The molecule has 0 heterocycles. The third-order valence-electron chi connectivity index (χ3n) is 8.55. The number of aliphatic hydroxyl groups is 2. The molecule has 0 aromatic carbocycles. The Morgan fingerprint density at radius 2 is 0.756 bits per heavy atom. The summed E-state index contributed by atoms with van der Waals surface area (Å²) in [6.45, 7) is 7.29. The molecule has 0 aromatic heterocycles. The molecule has 0 saturated carbocycles. The molecule has 5 nitrogen and oxygen atoms in total. The van der Waals surface area contributed by atoms with Gasteiger partial charge in [-0.3, -0.25) is 4.90 Å². The molecule has 0 fully saturated rings. The average molecular weight is 638 g/mol. The third-order valence-corrected chi connectivity index (χ3v) is 8.55. The first-order valence-corrected chi connectivity index (χ1v) is 19.6. The Morgan fingerprint density at radius 3 is 1.09 bits per heavy atom. The number of unbranched alkanes of at least 4 members (excludes halogenated alkanes) is 25. The van der Waals surface area contributed by atoms with Crippen molar-refractivity contribution in [3.63, 3.8) is 0 Å². The van der Waals surface area contributed by atoms with Crippen molar-refractivity contribution in [1.82, 2.24) is 4.90 Å². The quantitative estimate of drug-likeness (QED) is 0.0366. The fourth-order valence-corrected chi connectivity index (χ4v) is 5.67. The van der Waals surface area contributed by atoms with Gasteiger partial charge in [-0.05, 0) is 51.5 Å². The number of carbonyl (C=O) groups is 1. The van der Waals surface area contributed by atoms with Gasteiger partial charge in [0.15, 0.2) is 0 Å². The van der Waals surface area contributed by atoms with Crippen LogP contribution in [-0.2, 0) is 4.79 Å². The molecule has 0 atom stereocenters. The van der Waals surface area contributed by atoms with E-state index in [1.807, 2.05) is 0 Å². The Balaban J connectivity index is 0. The van der Waals surface area contributed by atoms with Crippen LogP contribution in [0.1, 0.15) is 194 Å². The summed E-state index contributed by atoms with van der Waals surface area (Å²) in [5.74, 6) is -0.834. The van der Waals surface area contributed by atoms with Gasteiger partial charge in [0, 0.05) is 19.2 Å². The van der Waals surface area contributed by atoms with Crippen molar-refractivity contribution in [2.24, 2.45) is 0 Å². The molecule has 0 spiro atoms.